The Bertz CT molecular complexity index is 876. The second-order valence-corrected chi connectivity index (χ2v) is 5.39. The highest BCUT2D eigenvalue weighted by Gasteiger charge is 2.19. The summed E-state index contributed by atoms with van der Waals surface area (Å²) in [7, 11) is 5.76. The Morgan fingerprint density at radius 1 is 0.821 bits per heavy atom. The molecule has 2 rings (SSSR count). The minimum absolute atomic E-state index is 0.175. The van der Waals surface area contributed by atoms with Gasteiger partial charge in [0.25, 0.3) is 0 Å². The molecule has 0 aliphatic rings. The molecule has 0 saturated carbocycles. The quantitative estimate of drug-likeness (QED) is 0.418. The van der Waals surface area contributed by atoms with Crippen molar-refractivity contribution in [3.63, 3.8) is 0 Å². The third-order valence-electron chi connectivity index (χ3n) is 3.71. The fourth-order valence-electron chi connectivity index (χ4n) is 2.40. The summed E-state index contributed by atoms with van der Waals surface area (Å²) in [5.41, 5.74) is 0.762. The van der Waals surface area contributed by atoms with Crippen LogP contribution in [0.2, 0.25) is 0 Å². The molecule has 0 spiro atoms. The van der Waals surface area contributed by atoms with Crippen molar-refractivity contribution < 1.29 is 38.4 Å². The van der Waals surface area contributed by atoms with Gasteiger partial charge in [-0.05, 0) is 35.9 Å². The van der Waals surface area contributed by atoms with Gasteiger partial charge < -0.3 is 28.8 Å². The van der Waals surface area contributed by atoms with Crippen molar-refractivity contribution in [2.24, 2.45) is 0 Å². The summed E-state index contributed by atoms with van der Waals surface area (Å²) < 4.78 is 26.3. The van der Waals surface area contributed by atoms with Crippen LogP contribution < -0.4 is 23.7 Å². The second kappa shape index (κ2) is 9.31. The predicted octanol–water partition coefficient (Wildman–Crippen LogP) is 3.04. The maximum Gasteiger partial charge on any atom is 0.343 e. The van der Waals surface area contributed by atoms with Crippen LogP contribution in [0, 0.1) is 0 Å². The molecule has 8 heteroatoms. The number of methoxy groups -OCH3 is 4. The van der Waals surface area contributed by atoms with E-state index in [1.165, 1.54) is 52.7 Å². The number of esters is 1. The van der Waals surface area contributed by atoms with Crippen LogP contribution in [-0.2, 0) is 4.79 Å². The van der Waals surface area contributed by atoms with Gasteiger partial charge in [-0.2, -0.15) is 0 Å². The Labute approximate surface area is 161 Å². The first kappa shape index (κ1) is 20.6. The summed E-state index contributed by atoms with van der Waals surface area (Å²) in [4.78, 5) is 23.2. The third kappa shape index (κ3) is 4.73. The Hall–Kier alpha value is -3.68. The van der Waals surface area contributed by atoms with Gasteiger partial charge >= 0.3 is 11.9 Å². The van der Waals surface area contributed by atoms with Crippen molar-refractivity contribution in [1.82, 2.24) is 0 Å². The molecule has 2 aromatic carbocycles. The lowest BCUT2D eigenvalue weighted by Crippen LogP contribution is -2.10. The van der Waals surface area contributed by atoms with Gasteiger partial charge in [-0.3, -0.25) is 0 Å². The summed E-state index contributed by atoms with van der Waals surface area (Å²) in [6.45, 7) is 0. The van der Waals surface area contributed by atoms with Gasteiger partial charge in [0, 0.05) is 6.08 Å². The highest BCUT2D eigenvalue weighted by Crippen LogP contribution is 2.38. The Morgan fingerprint density at radius 3 is 1.93 bits per heavy atom. The highest BCUT2D eigenvalue weighted by molar-refractivity contribution is 5.93. The molecule has 0 aliphatic heterocycles. The number of hydrogen-bond donors (Lipinski definition) is 1. The number of carbonyl (C=O) groups is 2. The van der Waals surface area contributed by atoms with Gasteiger partial charge in [0.05, 0.1) is 34.0 Å². The number of carboxylic acids is 1. The van der Waals surface area contributed by atoms with Gasteiger partial charge in [0.2, 0.25) is 5.75 Å². The summed E-state index contributed by atoms with van der Waals surface area (Å²) in [5.74, 6) is -0.302. The molecule has 0 fully saturated rings. The molecule has 0 aromatic heterocycles. The van der Waals surface area contributed by atoms with Crippen LogP contribution in [0.5, 0.6) is 28.7 Å². The summed E-state index contributed by atoms with van der Waals surface area (Å²) in [6, 6.07) is 7.60. The monoisotopic (exact) mass is 388 g/mol. The van der Waals surface area contributed by atoms with Crippen molar-refractivity contribution in [2.75, 3.05) is 28.4 Å². The molecule has 8 nitrogen and oxygen atoms in total. The van der Waals surface area contributed by atoms with Crippen LogP contribution in [-0.4, -0.2) is 45.5 Å². The molecule has 28 heavy (non-hydrogen) atoms. The maximum atomic E-state index is 12.6. The van der Waals surface area contributed by atoms with E-state index in [4.69, 9.17) is 28.8 Å². The van der Waals surface area contributed by atoms with E-state index in [1.54, 1.807) is 12.1 Å². The first-order chi connectivity index (χ1) is 13.4. The number of carbonyl (C=O) groups excluding carboxylic acids is 1. The summed E-state index contributed by atoms with van der Waals surface area (Å²) in [5, 5.41) is 8.71. The predicted molar refractivity (Wildman–Crippen MR) is 101 cm³/mol. The topological polar surface area (TPSA) is 101 Å². The lowest BCUT2D eigenvalue weighted by atomic mass is 10.1. The molecule has 0 bridgehead atoms. The third-order valence-corrected chi connectivity index (χ3v) is 3.71. The number of benzene rings is 2. The van der Waals surface area contributed by atoms with Gasteiger partial charge in [0.1, 0.15) is 0 Å². The summed E-state index contributed by atoms with van der Waals surface area (Å²) >= 11 is 0. The van der Waals surface area contributed by atoms with Crippen molar-refractivity contribution >= 4 is 18.0 Å². The van der Waals surface area contributed by atoms with Gasteiger partial charge in [0.15, 0.2) is 23.0 Å². The molecule has 148 valence electrons. The van der Waals surface area contributed by atoms with Crippen molar-refractivity contribution in [1.29, 1.82) is 0 Å². The molecule has 0 heterocycles. The van der Waals surface area contributed by atoms with Crippen LogP contribution in [0.1, 0.15) is 15.9 Å². The van der Waals surface area contributed by atoms with Crippen LogP contribution in [0.4, 0.5) is 0 Å². The van der Waals surface area contributed by atoms with Crippen LogP contribution >= 0.6 is 0 Å². The SMILES string of the molecule is COc1cc(/C=C/C(=O)O)ccc1OC(=O)c1cc(OC)c(OC)c(OC)c1. The van der Waals surface area contributed by atoms with E-state index in [2.05, 4.69) is 0 Å². The smallest absolute Gasteiger partial charge is 0.343 e. The fourth-order valence-corrected chi connectivity index (χ4v) is 2.40. The minimum Gasteiger partial charge on any atom is -0.493 e. The first-order valence-electron chi connectivity index (χ1n) is 8.04. The molecule has 2 aromatic rings. The summed E-state index contributed by atoms with van der Waals surface area (Å²) in [6.07, 6.45) is 2.39. The molecule has 0 aliphatic carbocycles. The minimum atomic E-state index is -1.07. The Balaban J connectivity index is 2.33. The van der Waals surface area contributed by atoms with Crippen LogP contribution in [0.15, 0.2) is 36.4 Å². The first-order valence-corrected chi connectivity index (χ1v) is 8.04. The van der Waals surface area contributed by atoms with E-state index in [0.29, 0.717) is 22.8 Å². The Kier molecular flexibility index (Phi) is 6.86. The van der Waals surface area contributed by atoms with Crippen molar-refractivity contribution in [2.45, 2.75) is 0 Å². The number of carboxylic acid groups (broad SMARTS) is 1. The zero-order valence-electron chi connectivity index (χ0n) is 15.8. The molecule has 1 N–H and O–H groups in total. The van der Waals surface area contributed by atoms with E-state index in [9.17, 15) is 9.59 Å². The molecule has 0 saturated heterocycles. The van der Waals surface area contributed by atoms with Crippen molar-refractivity contribution in [3.8, 4) is 28.7 Å². The van der Waals surface area contributed by atoms with Crippen molar-refractivity contribution in [3.05, 3.63) is 47.5 Å². The molecule has 0 radical (unpaired) electrons. The van der Waals surface area contributed by atoms with Gasteiger partial charge in [-0.15, -0.1) is 0 Å². The fraction of sp³-hybridized carbons (Fsp3) is 0.200. The van der Waals surface area contributed by atoms with E-state index in [1.807, 2.05) is 0 Å². The molecular weight excluding hydrogens is 368 g/mol. The standard InChI is InChI=1S/C20H20O8/c1-24-15-9-12(6-8-18(21)22)5-7-14(15)28-20(23)13-10-16(25-2)19(27-4)17(11-13)26-3/h5-11H,1-4H3,(H,21,22)/b8-6+. The van der Waals surface area contributed by atoms with E-state index in [0.717, 1.165) is 6.08 Å². The average Bonchev–Trinajstić information content (AvgIpc) is 2.71. The van der Waals surface area contributed by atoms with E-state index >= 15 is 0 Å². The van der Waals surface area contributed by atoms with Crippen LogP contribution in [0.25, 0.3) is 6.08 Å². The maximum absolute atomic E-state index is 12.6. The zero-order chi connectivity index (χ0) is 20.7. The lowest BCUT2D eigenvalue weighted by molar-refractivity contribution is -0.131. The average molecular weight is 388 g/mol. The number of ether oxygens (including phenoxy) is 5. The lowest BCUT2D eigenvalue weighted by Gasteiger charge is -2.14. The molecule has 0 atom stereocenters. The number of aliphatic carboxylic acids is 1. The Morgan fingerprint density at radius 2 is 1.43 bits per heavy atom. The van der Waals surface area contributed by atoms with Gasteiger partial charge in [-0.1, -0.05) is 6.07 Å². The zero-order valence-corrected chi connectivity index (χ0v) is 15.8. The van der Waals surface area contributed by atoms with E-state index in [-0.39, 0.29) is 17.1 Å². The van der Waals surface area contributed by atoms with Crippen LogP contribution in [0.3, 0.4) is 0 Å². The molecule has 0 unspecified atom stereocenters. The normalized spacial score (nSPS) is 10.4. The second-order valence-electron chi connectivity index (χ2n) is 5.39. The molecule has 0 amide bonds. The highest BCUT2D eigenvalue weighted by atomic mass is 16.6. The van der Waals surface area contributed by atoms with E-state index < -0.39 is 11.9 Å². The largest absolute Gasteiger partial charge is 0.493 e. The number of rotatable bonds is 8. The molecular formula is C20H20O8. The van der Waals surface area contributed by atoms with Gasteiger partial charge in [-0.25, -0.2) is 9.59 Å². The number of hydrogen-bond acceptors (Lipinski definition) is 7.